The van der Waals surface area contributed by atoms with E-state index in [1.165, 1.54) is 19.1 Å². The summed E-state index contributed by atoms with van der Waals surface area (Å²) in [5.74, 6) is -1.52. The Morgan fingerprint density at radius 2 is 1.81 bits per heavy atom. The zero-order valence-electron chi connectivity index (χ0n) is 14.5. The highest BCUT2D eigenvalue weighted by Gasteiger charge is 2.42. The molecule has 4 nitrogen and oxygen atoms in total. The molecule has 0 spiro atoms. The van der Waals surface area contributed by atoms with Crippen molar-refractivity contribution >= 4 is 22.7 Å². The molecule has 7 heteroatoms. The summed E-state index contributed by atoms with van der Waals surface area (Å²) in [5.41, 5.74) is 3.50. The lowest BCUT2D eigenvalue weighted by molar-refractivity contribution is -0.170. The maximum Gasteiger partial charge on any atom is 0.471 e. The summed E-state index contributed by atoms with van der Waals surface area (Å²) in [6, 6.07) is 10.5. The summed E-state index contributed by atoms with van der Waals surface area (Å²) in [5, 5.41) is 0. The van der Waals surface area contributed by atoms with Gasteiger partial charge in [-0.15, -0.1) is 0 Å². The molecule has 0 aliphatic heterocycles. The molecule has 136 valence electrons. The van der Waals surface area contributed by atoms with E-state index in [2.05, 4.69) is 4.98 Å². The average Bonchev–Trinajstić information content (AvgIpc) is 3.00. The predicted octanol–water partition coefficient (Wildman–Crippen LogP) is 5.03. The molecular formula is C19H17F3N2O2. The fourth-order valence-electron chi connectivity index (χ4n) is 2.75. The molecule has 0 unspecified atom stereocenters. The van der Waals surface area contributed by atoms with E-state index in [9.17, 15) is 18.0 Å². The Kier molecular flexibility index (Phi) is 4.48. The smallest absolute Gasteiger partial charge is 0.436 e. The number of oxazole rings is 1. The molecule has 0 aliphatic carbocycles. The number of hydrogen-bond donors (Lipinski definition) is 0. The third-order valence-electron chi connectivity index (χ3n) is 4.07. The Morgan fingerprint density at radius 3 is 2.38 bits per heavy atom. The van der Waals surface area contributed by atoms with E-state index in [4.69, 9.17) is 4.42 Å². The Bertz CT molecular complexity index is 959. The molecule has 0 bridgehead atoms. The number of alkyl halides is 3. The molecule has 1 amide bonds. The zero-order chi connectivity index (χ0) is 19.1. The van der Waals surface area contributed by atoms with Gasteiger partial charge >= 0.3 is 12.1 Å². The number of hydrogen-bond acceptors (Lipinski definition) is 3. The first-order valence-electron chi connectivity index (χ1n) is 8.07. The van der Waals surface area contributed by atoms with Crippen molar-refractivity contribution in [2.45, 2.75) is 26.9 Å². The van der Waals surface area contributed by atoms with Crippen LogP contribution in [-0.2, 0) is 4.79 Å². The first-order chi connectivity index (χ1) is 12.2. The highest BCUT2D eigenvalue weighted by molar-refractivity contribution is 5.99. The van der Waals surface area contributed by atoms with Crippen LogP contribution in [0.4, 0.5) is 18.9 Å². The number of benzene rings is 2. The Balaban J connectivity index is 2.07. The standard InChI is InChI=1S/C19H17F3N2O2/c1-4-24(18(25)19(20,21)22)14-9-12(3)16-15(10-14)23-17(26-16)13-7-5-11(2)6-8-13/h5-10H,4H2,1-3H3. The lowest BCUT2D eigenvalue weighted by Crippen LogP contribution is -2.41. The fraction of sp³-hybridized carbons (Fsp3) is 0.263. The summed E-state index contributed by atoms with van der Waals surface area (Å²) in [6.07, 6.45) is -4.93. The molecule has 1 heterocycles. The number of fused-ring (bicyclic) bond motifs is 1. The number of anilines is 1. The Labute approximate surface area is 148 Å². The van der Waals surface area contributed by atoms with E-state index in [0.29, 0.717) is 27.5 Å². The SMILES string of the molecule is CCN(C(=O)C(F)(F)F)c1cc(C)c2oc(-c3ccc(C)cc3)nc2c1. The minimum Gasteiger partial charge on any atom is -0.436 e. The molecule has 0 saturated carbocycles. The third-order valence-corrected chi connectivity index (χ3v) is 4.07. The van der Waals surface area contributed by atoms with E-state index < -0.39 is 12.1 Å². The largest absolute Gasteiger partial charge is 0.471 e. The summed E-state index contributed by atoms with van der Waals surface area (Å²) < 4.78 is 44.2. The zero-order valence-corrected chi connectivity index (χ0v) is 14.5. The number of carbonyl (C=O) groups excluding carboxylic acids is 1. The first-order valence-corrected chi connectivity index (χ1v) is 8.07. The number of nitrogens with zero attached hydrogens (tertiary/aromatic N) is 2. The van der Waals surface area contributed by atoms with Gasteiger partial charge in [0.2, 0.25) is 5.89 Å². The molecule has 0 aliphatic rings. The van der Waals surface area contributed by atoms with Gasteiger partial charge in [-0.1, -0.05) is 17.7 Å². The van der Waals surface area contributed by atoms with Gasteiger partial charge in [-0.05, 0) is 50.6 Å². The lowest BCUT2D eigenvalue weighted by atomic mass is 10.1. The topological polar surface area (TPSA) is 46.3 Å². The maximum atomic E-state index is 12.8. The second kappa shape index (κ2) is 6.48. The maximum absolute atomic E-state index is 12.8. The van der Waals surface area contributed by atoms with Crippen LogP contribution in [0.1, 0.15) is 18.1 Å². The van der Waals surface area contributed by atoms with Gasteiger partial charge in [0.1, 0.15) is 5.52 Å². The van der Waals surface area contributed by atoms with Crippen LogP contribution in [0.5, 0.6) is 0 Å². The highest BCUT2D eigenvalue weighted by Crippen LogP contribution is 2.32. The van der Waals surface area contributed by atoms with Crippen molar-refractivity contribution in [1.29, 1.82) is 0 Å². The van der Waals surface area contributed by atoms with E-state index in [1.807, 2.05) is 31.2 Å². The molecule has 3 aromatic rings. The van der Waals surface area contributed by atoms with Crippen LogP contribution in [0, 0.1) is 13.8 Å². The van der Waals surface area contributed by atoms with E-state index >= 15 is 0 Å². The minimum absolute atomic E-state index is 0.105. The average molecular weight is 362 g/mol. The normalized spacial score (nSPS) is 11.8. The minimum atomic E-state index is -4.93. The van der Waals surface area contributed by atoms with E-state index in [1.54, 1.807) is 6.92 Å². The van der Waals surface area contributed by atoms with Crippen molar-refractivity contribution < 1.29 is 22.4 Å². The molecule has 0 radical (unpaired) electrons. The first kappa shape index (κ1) is 18.0. The van der Waals surface area contributed by atoms with Crippen molar-refractivity contribution in [3.8, 4) is 11.5 Å². The highest BCUT2D eigenvalue weighted by atomic mass is 19.4. The predicted molar refractivity (Wildman–Crippen MR) is 93.0 cm³/mol. The molecule has 26 heavy (non-hydrogen) atoms. The second-order valence-electron chi connectivity index (χ2n) is 6.04. The summed E-state index contributed by atoms with van der Waals surface area (Å²) in [4.78, 5) is 16.7. The van der Waals surface area contributed by atoms with Crippen LogP contribution in [-0.4, -0.2) is 23.6 Å². The van der Waals surface area contributed by atoms with Gasteiger partial charge in [0, 0.05) is 17.8 Å². The van der Waals surface area contributed by atoms with Crippen LogP contribution in [0.3, 0.4) is 0 Å². The molecule has 2 aromatic carbocycles. The van der Waals surface area contributed by atoms with Gasteiger partial charge in [-0.25, -0.2) is 4.98 Å². The molecule has 3 rings (SSSR count). The van der Waals surface area contributed by atoms with Gasteiger partial charge < -0.3 is 9.32 Å². The van der Waals surface area contributed by atoms with Crippen molar-refractivity contribution in [3.05, 3.63) is 47.5 Å². The van der Waals surface area contributed by atoms with Crippen LogP contribution >= 0.6 is 0 Å². The Morgan fingerprint density at radius 1 is 1.15 bits per heavy atom. The van der Waals surface area contributed by atoms with Gasteiger partial charge in [-0.3, -0.25) is 4.79 Å². The van der Waals surface area contributed by atoms with Gasteiger partial charge in [0.05, 0.1) is 0 Å². The lowest BCUT2D eigenvalue weighted by Gasteiger charge is -2.22. The summed E-state index contributed by atoms with van der Waals surface area (Å²) in [7, 11) is 0. The molecule has 0 saturated heterocycles. The van der Waals surface area contributed by atoms with Crippen molar-refractivity contribution in [2.75, 3.05) is 11.4 Å². The van der Waals surface area contributed by atoms with E-state index in [-0.39, 0.29) is 12.2 Å². The van der Waals surface area contributed by atoms with Gasteiger partial charge in [0.25, 0.3) is 0 Å². The molecule has 0 fully saturated rings. The van der Waals surface area contributed by atoms with Crippen molar-refractivity contribution in [2.24, 2.45) is 0 Å². The third kappa shape index (κ3) is 3.29. The van der Waals surface area contributed by atoms with E-state index in [0.717, 1.165) is 11.1 Å². The second-order valence-corrected chi connectivity index (χ2v) is 6.04. The fourth-order valence-corrected chi connectivity index (χ4v) is 2.75. The number of amides is 1. The van der Waals surface area contributed by atoms with Gasteiger partial charge in [0.15, 0.2) is 5.58 Å². The van der Waals surface area contributed by atoms with Crippen LogP contribution < -0.4 is 4.90 Å². The molecule has 0 atom stereocenters. The number of halogens is 3. The van der Waals surface area contributed by atoms with Crippen molar-refractivity contribution in [1.82, 2.24) is 4.98 Å². The number of aryl methyl sites for hydroxylation is 2. The van der Waals surface area contributed by atoms with Crippen LogP contribution in [0.15, 0.2) is 40.8 Å². The summed E-state index contributed by atoms with van der Waals surface area (Å²) in [6.45, 7) is 5.06. The number of rotatable bonds is 3. The molecule has 0 N–H and O–H groups in total. The van der Waals surface area contributed by atoms with Gasteiger partial charge in [-0.2, -0.15) is 13.2 Å². The monoisotopic (exact) mass is 362 g/mol. The quantitative estimate of drug-likeness (QED) is 0.657. The molecule has 1 aromatic heterocycles. The summed E-state index contributed by atoms with van der Waals surface area (Å²) >= 11 is 0. The number of aromatic nitrogens is 1. The van der Waals surface area contributed by atoms with Crippen molar-refractivity contribution in [3.63, 3.8) is 0 Å². The molecular weight excluding hydrogens is 345 g/mol. The van der Waals surface area contributed by atoms with Crippen LogP contribution in [0.2, 0.25) is 0 Å². The number of carbonyl (C=O) groups is 1. The Hall–Kier alpha value is -2.83. The van der Waals surface area contributed by atoms with Crippen LogP contribution in [0.25, 0.3) is 22.6 Å².